The van der Waals surface area contributed by atoms with Gasteiger partial charge in [-0.15, -0.1) is 0 Å². The summed E-state index contributed by atoms with van der Waals surface area (Å²) in [7, 11) is -0.976. The fraction of sp³-hybridized carbons (Fsp3) is 0.500. The van der Waals surface area contributed by atoms with Crippen LogP contribution in [0.3, 0.4) is 0 Å². The molecule has 3 aromatic rings. The minimum Gasteiger partial charge on any atom is -0.436 e. The van der Waals surface area contributed by atoms with E-state index in [2.05, 4.69) is 35.5 Å². The van der Waals surface area contributed by atoms with E-state index >= 15 is 0 Å². The fourth-order valence-corrected chi connectivity index (χ4v) is 6.76. The van der Waals surface area contributed by atoms with E-state index in [1.807, 2.05) is 18.2 Å². The number of pyridine rings is 1. The Kier molecular flexibility index (Phi) is 10.1. The summed E-state index contributed by atoms with van der Waals surface area (Å²) in [5.41, 5.74) is 2.63. The van der Waals surface area contributed by atoms with E-state index in [4.69, 9.17) is 37.7 Å². The zero-order valence-corrected chi connectivity index (χ0v) is 26.6. The number of halogens is 2. The number of hydrogen-bond donors (Lipinski definition) is 1. The maximum absolute atomic E-state index is 11.4. The van der Waals surface area contributed by atoms with Crippen LogP contribution >= 0.6 is 23.2 Å². The first-order valence-electron chi connectivity index (χ1n) is 14.7. The van der Waals surface area contributed by atoms with Crippen LogP contribution in [0.4, 0.5) is 5.95 Å². The van der Waals surface area contributed by atoms with Gasteiger partial charge >= 0.3 is 0 Å². The van der Waals surface area contributed by atoms with Crippen LogP contribution < -0.4 is 14.4 Å². The molecular formula is C30H37Cl2N7O3S. The number of nitrogens with one attached hydrogen (secondary N) is 1. The van der Waals surface area contributed by atoms with Crippen LogP contribution in [0.1, 0.15) is 18.4 Å². The highest BCUT2D eigenvalue weighted by molar-refractivity contribution is 7.82. The number of piperidine rings is 1. The van der Waals surface area contributed by atoms with Gasteiger partial charge in [0, 0.05) is 67.2 Å². The number of ether oxygens (including phenoxy) is 2. The number of likely N-dealkylation sites (tertiary alicyclic amines) is 1. The molecule has 6 rings (SSSR count). The van der Waals surface area contributed by atoms with Gasteiger partial charge in [-0.05, 0) is 61.7 Å². The van der Waals surface area contributed by atoms with E-state index in [1.54, 1.807) is 24.7 Å². The topological polar surface area (TPSA) is 96.0 Å². The Bertz CT molecular complexity index is 1390. The number of hydrogen-bond acceptors (Lipinski definition) is 9. The van der Waals surface area contributed by atoms with Gasteiger partial charge in [0.2, 0.25) is 11.8 Å². The Hall–Kier alpha value is -2.38. The molecular weight excluding hydrogens is 609 g/mol. The first-order valence-corrected chi connectivity index (χ1v) is 17.0. The second-order valence-electron chi connectivity index (χ2n) is 11.4. The van der Waals surface area contributed by atoms with Gasteiger partial charge in [0.15, 0.2) is 5.75 Å². The predicted octanol–water partition coefficient (Wildman–Crippen LogP) is 4.25. The van der Waals surface area contributed by atoms with Gasteiger partial charge < -0.3 is 14.4 Å². The molecule has 1 N–H and O–H groups in total. The molecule has 0 amide bonds. The molecule has 0 spiro atoms. The zero-order chi connectivity index (χ0) is 29.8. The summed E-state index contributed by atoms with van der Waals surface area (Å²) in [6, 6.07) is 10.0. The molecule has 0 bridgehead atoms. The van der Waals surface area contributed by atoms with Crippen molar-refractivity contribution in [2.75, 3.05) is 70.2 Å². The summed E-state index contributed by atoms with van der Waals surface area (Å²) in [5.74, 6) is 2.22. The molecule has 0 radical (unpaired) electrons. The van der Waals surface area contributed by atoms with Crippen LogP contribution in [0.25, 0.3) is 11.3 Å². The van der Waals surface area contributed by atoms with Crippen molar-refractivity contribution in [3.63, 3.8) is 0 Å². The van der Waals surface area contributed by atoms with Crippen LogP contribution in [0.5, 0.6) is 11.6 Å². The SMILES string of the molecule is CS(=O)NCC1CCN(Cc2cc(Oc3cnc(N4CCN(C5COC5)CC4)nc3)nc(-c3cc(Cl)cc(Cl)c3)c2)CC1. The van der Waals surface area contributed by atoms with Gasteiger partial charge in [0.25, 0.3) is 0 Å². The largest absolute Gasteiger partial charge is 0.436 e. The zero-order valence-electron chi connectivity index (χ0n) is 24.3. The molecule has 3 fully saturated rings. The molecule has 43 heavy (non-hydrogen) atoms. The van der Waals surface area contributed by atoms with Crippen LogP contribution in [-0.2, 0) is 22.3 Å². The van der Waals surface area contributed by atoms with Gasteiger partial charge in [0.1, 0.15) is 0 Å². The van der Waals surface area contributed by atoms with Crippen LogP contribution in [0.2, 0.25) is 10.0 Å². The Morgan fingerprint density at radius 3 is 2.30 bits per heavy atom. The molecule has 1 unspecified atom stereocenters. The molecule has 3 aliphatic heterocycles. The van der Waals surface area contributed by atoms with Crippen molar-refractivity contribution >= 4 is 40.1 Å². The fourth-order valence-electron chi connectivity index (χ4n) is 5.76. The molecule has 3 saturated heterocycles. The molecule has 13 heteroatoms. The first-order chi connectivity index (χ1) is 20.9. The van der Waals surface area contributed by atoms with Gasteiger partial charge in [-0.3, -0.25) is 9.80 Å². The van der Waals surface area contributed by atoms with E-state index in [9.17, 15) is 4.21 Å². The highest BCUT2D eigenvalue weighted by Crippen LogP contribution is 2.31. The Labute approximate surface area is 265 Å². The lowest BCUT2D eigenvalue weighted by molar-refractivity contribution is -0.0661. The van der Waals surface area contributed by atoms with Gasteiger partial charge in [0.05, 0.1) is 48.3 Å². The highest BCUT2D eigenvalue weighted by atomic mass is 35.5. The average molecular weight is 647 g/mol. The van der Waals surface area contributed by atoms with Gasteiger partial charge in [-0.2, -0.15) is 0 Å². The van der Waals surface area contributed by atoms with Crippen LogP contribution in [-0.4, -0.2) is 100 Å². The second-order valence-corrected chi connectivity index (χ2v) is 13.5. The molecule has 2 aromatic heterocycles. The summed E-state index contributed by atoms with van der Waals surface area (Å²) in [5, 5.41) is 1.10. The third kappa shape index (κ3) is 8.21. The first kappa shape index (κ1) is 30.6. The molecule has 0 aliphatic carbocycles. The number of aromatic nitrogens is 3. The summed E-state index contributed by atoms with van der Waals surface area (Å²) in [4.78, 5) is 21.1. The van der Waals surface area contributed by atoms with E-state index in [0.29, 0.717) is 39.6 Å². The Morgan fingerprint density at radius 2 is 1.67 bits per heavy atom. The molecule has 0 saturated carbocycles. The van der Waals surface area contributed by atoms with Crippen molar-refractivity contribution in [2.45, 2.75) is 25.4 Å². The van der Waals surface area contributed by atoms with Gasteiger partial charge in [-0.25, -0.2) is 23.9 Å². The molecule has 1 aromatic carbocycles. The van der Waals surface area contributed by atoms with E-state index in [0.717, 1.165) is 95.2 Å². The number of piperazine rings is 1. The normalized spacial score (nSPS) is 19.7. The second kappa shape index (κ2) is 14.2. The molecule has 10 nitrogen and oxygen atoms in total. The van der Waals surface area contributed by atoms with Crippen molar-refractivity contribution < 1.29 is 13.7 Å². The minimum absolute atomic E-state index is 0.459. The van der Waals surface area contributed by atoms with Crippen molar-refractivity contribution in [3.05, 3.63) is 58.3 Å². The third-order valence-corrected chi connectivity index (χ3v) is 9.29. The van der Waals surface area contributed by atoms with Crippen LogP contribution in [0, 0.1) is 5.92 Å². The number of anilines is 1. The standard InChI is InChI=1S/C30H37Cl2N7O3S/c1-43(40)35-15-21-2-4-37(5-3-21)18-22-10-28(23-12-24(31)14-25(32)13-23)36-29(11-22)42-27-16-33-30(34-17-27)39-8-6-38(7-9-39)26-19-41-20-26/h10-14,16-17,21,26,35H,2-9,15,18-20H2,1H3. The third-order valence-electron chi connectivity index (χ3n) is 8.28. The van der Waals surface area contributed by atoms with Crippen molar-refractivity contribution in [3.8, 4) is 22.9 Å². The average Bonchev–Trinajstić information content (AvgIpc) is 2.96. The number of nitrogens with zero attached hydrogens (tertiary/aromatic N) is 6. The Balaban J connectivity index is 1.15. The van der Waals surface area contributed by atoms with Crippen LogP contribution in [0.15, 0.2) is 42.7 Å². The highest BCUT2D eigenvalue weighted by Gasteiger charge is 2.29. The van der Waals surface area contributed by atoms with Crippen molar-refractivity contribution in [1.29, 1.82) is 0 Å². The monoisotopic (exact) mass is 645 g/mol. The molecule has 1 atom stereocenters. The number of benzene rings is 1. The number of rotatable bonds is 10. The summed E-state index contributed by atoms with van der Waals surface area (Å²) in [6.45, 7) is 8.90. The maximum Gasteiger partial charge on any atom is 0.225 e. The lowest BCUT2D eigenvalue weighted by Gasteiger charge is -2.42. The van der Waals surface area contributed by atoms with Crippen molar-refractivity contribution in [1.82, 2.24) is 29.5 Å². The quantitative estimate of drug-likeness (QED) is 0.347. The summed E-state index contributed by atoms with van der Waals surface area (Å²) in [6.07, 6.45) is 7.21. The van der Waals surface area contributed by atoms with E-state index in [-0.39, 0.29) is 0 Å². The summed E-state index contributed by atoms with van der Waals surface area (Å²) >= 11 is 12.7. The lowest BCUT2D eigenvalue weighted by Crippen LogP contribution is -2.56. The maximum atomic E-state index is 11.4. The smallest absolute Gasteiger partial charge is 0.225 e. The molecule has 3 aliphatic rings. The van der Waals surface area contributed by atoms with Crippen molar-refractivity contribution in [2.24, 2.45) is 5.92 Å². The van der Waals surface area contributed by atoms with Gasteiger partial charge in [-0.1, -0.05) is 23.2 Å². The predicted molar refractivity (Wildman–Crippen MR) is 170 cm³/mol. The minimum atomic E-state index is -0.976. The Morgan fingerprint density at radius 1 is 0.977 bits per heavy atom. The summed E-state index contributed by atoms with van der Waals surface area (Å²) < 4.78 is 26.0. The van der Waals surface area contributed by atoms with E-state index in [1.165, 1.54) is 0 Å². The van der Waals surface area contributed by atoms with E-state index < -0.39 is 11.0 Å². The molecule has 230 valence electrons. The lowest BCUT2D eigenvalue weighted by atomic mass is 9.97. The molecule has 5 heterocycles.